The lowest BCUT2D eigenvalue weighted by Gasteiger charge is -2.19. The van der Waals surface area contributed by atoms with E-state index in [-0.39, 0.29) is 24.7 Å². The predicted molar refractivity (Wildman–Crippen MR) is 75.9 cm³/mol. The fourth-order valence-electron chi connectivity index (χ4n) is 1.75. The van der Waals surface area contributed by atoms with Gasteiger partial charge in [-0.15, -0.1) is 6.42 Å². The number of carbonyl (C=O) groups is 1. The zero-order valence-corrected chi connectivity index (χ0v) is 11.3. The third-order valence-corrected chi connectivity index (χ3v) is 2.78. The molecule has 1 N–H and O–H groups in total. The third-order valence-electron chi connectivity index (χ3n) is 2.78. The second-order valence-corrected chi connectivity index (χ2v) is 4.17. The molecule has 1 aromatic carbocycles. The molecule has 0 saturated heterocycles. The molecule has 0 fully saturated rings. The molecule has 1 amide bonds. The number of carbonyl (C=O) groups excluding carboxylic acids is 1. The Labute approximate surface area is 117 Å². The van der Waals surface area contributed by atoms with E-state index in [2.05, 4.69) is 11.2 Å². The minimum atomic E-state index is -0.415. The van der Waals surface area contributed by atoms with Crippen molar-refractivity contribution >= 4 is 11.6 Å². The lowest BCUT2D eigenvalue weighted by atomic mass is 10.1. The summed E-state index contributed by atoms with van der Waals surface area (Å²) >= 11 is 0. The Bertz CT molecular complexity index is 523. The van der Waals surface area contributed by atoms with Crippen LogP contribution in [0.3, 0.4) is 0 Å². The standard InChI is InChI=1S/C14H17N3O3/c1-3-9-15-14(18)11-16(4-2)10-12-7-5-6-8-13(12)17(19)20/h1,5-8H,4,9-11H2,2H3,(H,15,18). The van der Waals surface area contributed by atoms with Gasteiger partial charge in [0.1, 0.15) is 0 Å². The number of benzene rings is 1. The van der Waals surface area contributed by atoms with Gasteiger partial charge in [0, 0.05) is 18.2 Å². The van der Waals surface area contributed by atoms with Crippen LogP contribution < -0.4 is 5.32 Å². The number of para-hydroxylation sites is 1. The summed E-state index contributed by atoms with van der Waals surface area (Å²) in [5, 5.41) is 13.5. The molecule has 106 valence electrons. The maximum Gasteiger partial charge on any atom is 0.273 e. The van der Waals surface area contributed by atoms with Crippen LogP contribution in [-0.4, -0.2) is 35.4 Å². The van der Waals surface area contributed by atoms with Gasteiger partial charge in [-0.1, -0.05) is 31.0 Å². The number of amides is 1. The summed E-state index contributed by atoms with van der Waals surface area (Å²) < 4.78 is 0. The highest BCUT2D eigenvalue weighted by molar-refractivity contribution is 5.78. The van der Waals surface area contributed by atoms with Crippen molar-refractivity contribution in [2.75, 3.05) is 19.6 Å². The van der Waals surface area contributed by atoms with Gasteiger partial charge in [0.05, 0.1) is 18.0 Å². The summed E-state index contributed by atoms with van der Waals surface area (Å²) in [6.45, 7) is 3.18. The van der Waals surface area contributed by atoms with Gasteiger partial charge in [-0.05, 0) is 6.54 Å². The van der Waals surface area contributed by atoms with E-state index < -0.39 is 4.92 Å². The topological polar surface area (TPSA) is 75.5 Å². The second kappa shape index (κ2) is 7.92. The molecule has 20 heavy (non-hydrogen) atoms. The molecule has 0 atom stereocenters. The van der Waals surface area contributed by atoms with E-state index in [0.717, 1.165) is 0 Å². The van der Waals surface area contributed by atoms with Gasteiger partial charge in [-0.3, -0.25) is 19.8 Å². The molecule has 0 aromatic heterocycles. The van der Waals surface area contributed by atoms with Gasteiger partial charge < -0.3 is 5.32 Å². The van der Waals surface area contributed by atoms with Crippen molar-refractivity contribution in [3.05, 3.63) is 39.9 Å². The molecular weight excluding hydrogens is 258 g/mol. The van der Waals surface area contributed by atoms with Crippen LogP contribution in [0.1, 0.15) is 12.5 Å². The van der Waals surface area contributed by atoms with Crippen molar-refractivity contribution in [2.45, 2.75) is 13.5 Å². The molecule has 6 heteroatoms. The molecule has 1 aromatic rings. The van der Waals surface area contributed by atoms with Gasteiger partial charge >= 0.3 is 0 Å². The second-order valence-electron chi connectivity index (χ2n) is 4.17. The number of nitrogens with one attached hydrogen (secondary N) is 1. The van der Waals surface area contributed by atoms with Gasteiger partial charge in [0.25, 0.3) is 5.69 Å². The first-order valence-corrected chi connectivity index (χ1v) is 6.23. The van der Waals surface area contributed by atoms with Crippen LogP contribution in [-0.2, 0) is 11.3 Å². The van der Waals surface area contributed by atoms with Gasteiger partial charge in [0.2, 0.25) is 5.91 Å². The highest BCUT2D eigenvalue weighted by Gasteiger charge is 2.16. The van der Waals surface area contributed by atoms with E-state index in [0.29, 0.717) is 18.7 Å². The van der Waals surface area contributed by atoms with E-state index >= 15 is 0 Å². The first kappa shape index (κ1) is 15.7. The summed E-state index contributed by atoms with van der Waals surface area (Å²) in [7, 11) is 0. The molecule has 0 aliphatic carbocycles. The summed E-state index contributed by atoms with van der Waals surface area (Å²) in [6.07, 6.45) is 5.06. The van der Waals surface area contributed by atoms with Crippen LogP contribution in [0.2, 0.25) is 0 Å². The first-order chi connectivity index (χ1) is 9.58. The molecule has 0 aliphatic heterocycles. The van der Waals surface area contributed by atoms with Gasteiger partial charge in [-0.25, -0.2) is 0 Å². The SMILES string of the molecule is C#CCNC(=O)CN(CC)Cc1ccccc1[N+](=O)[O-]. The fraction of sp³-hybridized carbons (Fsp3) is 0.357. The number of terminal acetylenes is 1. The van der Waals surface area contributed by atoms with E-state index in [1.807, 2.05) is 11.8 Å². The van der Waals surface area contributed by atoms with Gasteiger partial charge in [-0.2, -0.15) is 0 Å². The number of nitro groups is 1. The Morgan fingerprint density at radius 1 is 1.50 bits per heavy atom. The van der Waals surface area contributed by atoms with Crippen LogP contribution in [0, 0.1) is 22.5 Å². The summed E-state index contributed by atoms with van der Waals surface area (Å²) in [6, 6.07) is 6.52. The Morgan fingerprint density at radius 3 is 2.80 bits per heavy atom. The Hall–Kier alpha value is -2.39. The fourth-order valence-corrected chi connectivity index (χ4v) is 1.75. The molecule has 0 heterocycles. The average Bonchev–Trinajstić information content (AvgIpc) is 2.44. The van der Waals surface area contributed by atoms with Crippen LogP contribution in [0.25, 0.3) is 0 Å². The highest BCUT2D eigenvalue weighted by atomic mass is 16.6. The minimum absolute atomic E-state index is 0.0648. The summed E-state index contributed by atoms with van der Waals surface area (Å²) in [4.78, 5) is 23.9. The van der Waals surface area contributed by atoms with E-state index in [1.54, 1.807) is 18.2 Å². The lowest BCUT2D eigenvalue weighted by Crippen LogP contribution is -2.37. The molecule has 0 spiro atoms. The van der Waals surface area contributed by atoms with Crippen LogP contribution in [0.4, 0.5) is 5.69 Å². The molecule has 6 nitrogen and oxygen atoms in total. The monoisotopic (exact) mass is 275 g/mol. The van der Waals surface area contributed by atoms with Crippen molar-refractivity contribution in [2.24, 2.45) is 0 Å². The molecular formula is C14H17N3O3. The third kappa shape index (κ3) is 4.71. The molecule has 0 saturated carbocycles. The number of nitro benzene ring substituents is 1. The van der Waals surface area contributed by atoms with Crippen LogP contribution >= 0.6 is 0 Å². The number of rotatable bonds is 7. The number of nitrogens with zero attached hydrogens (tertiary/aromatic N) is 2. The van der Waals surface area contributed by atoms with E-state index in [1.165, 1.54) is 6.07 Å². The maximum atomic E-state index is 11.6. The smallest absolute Gasteiger partial charge is 0.273 e. The van der Waals surface area contributed by atoms with Crippen molar-refractivity contribution in [1.82, 2.24) is 10.2 Å². The predicted octanol–water partition coefficient (Wildman–Crippen LogP) is 1.17. The summed E-state index contributed by atoms with van der Waals surface area (Å²) in [5.41, 5.74) is 0.652. The number of hydrogen-bond acceptors (Lipinski definition) is 4. The van der Waals surface area contributed by atoms with Crippen molar-refractivity contribution < 1.29 is 9.72 Å². The normalized spacial score (nSPS) is 10.1. The largest absolute Gasteiger partial charge is 0.344 e. The van der Waals surface area contributed by atoms with Gasteiger partial charge in [0.15, 0.2) is 0 Å². The average molecular weight is 275 g/mol. The first-order valence-electron chi connectivity index (χ1n) is 6.23. The Kier molecular flexibility index (Phi) is 6.20. The van der Waals surface area contributed by atoms with Crippen molar-refractivity contribution in [3.8, 4) is 12.3 Å². The zero-order chi connectivity index (χ0) is 15.0. The molecule has 1 rings (SSSR count). The summed E-state index contributed by atoms with van der Waals surface area (Å²) in [5.74, 6) is 2.13. The highest BCUT2D eigenvalue weighted by Crippen LogP contribution is 2.19. The Morgan fingerprint density at radius 2 is 2.20 bits per heavy atom. The molecule has 0 bridgehead atoms. The van der Waals surface area contributed by atoms with Crippen molar-refractivity contribution in [1.29, 1.82) is 0 Å². The Balaban J connectivity index is 2.72. The quantitative estimate of drug-likeness (QED) is 0.460. The van der Waals surface area contributed by atoms with E-state index in [9.17, 15) is 14.9 Å². The molecule has 0 radical (unpaired) electrons. The zero-order valence-electron chi connectivity index (χ0n) is 11.3. The molecule has 0 aliphatic rings. The lowest BCUT2D eigenvalue weighted by molar-refractivity contribution is -0.385. The van der Waals surface area contributed by atoms with E-state index in [4.69, 9.17) is 6.42 Å². The van der Waals surface area contributed by atoms with Crippen LogP contribution in [0.15, 0.2) is 24.3 Å². The maximum absolute atomic E-state index is 11.6. The number of likely N-dealkylation sites (N-methyl/N-ethyl adjacent to an activating group) is 1. The molecule has 0 unspecified atom stereocenters. The van der Waals surface area contributed by atoms with Crippen molar-refractivity contribution in [3.63, 3.8) is 0 Å². The van der Waals surface area contributed by atoms with Crippen LogP contribution in [0.5, 0.6) is 0 Å². The number of hydrogen-bond donors (Lipinski definition) is 1. The minimum Gasteiger partial charge on any atom is -0.344 e.